The van der Waals surface area contributed by atoms with Gasteiger partial charge in [0.1, 0.15) is 31.1 Å². The van der Waals surface area contributed by atoms with Gasteiger partial charge >= 0.3 is 0 Å². The topological polar surface area (TPSA) is 168 Å². The van der Waals surface area contributed by atoms with Gasteiger partial charge in [0.25, 0.3) is 0 Å². The van der Waals surface area contributed by atoms with Crippen molar-refractivity contribution in [1.29, 1.82) is 0 Å². The molecule has 0 N–H and O–H groups in total. The third-order valence-corrected chi connectivity index (χ3v) is 10.2. The summed E-state index contributed by atoms with van der Waals surface area (Å²) in [6.45, 7) is 48.0. The third kappa shape index (κ3) is 38.7. The molecule has 0 unspecified atom stereocenters. The second-order valence-corrected chi connectivity index (χ2v) is 15.9. The van der Waals surface area contributed by atoms with Crippen molar-refractivity contribution < 1.29 is 0 Å². The first kappa shape index (κ1) is 85.2. The Kier molecular flexibility index (Phi) is 59.0. The second-order valence-electron chi connectivity index (χ2n) is 15.9. The number of fused-ring (bicyclic) bond motifs is 4. The van der Waals surface area contributed by atoms with Crippen molar-refractivity contribution in [3.63, 3.8) is 0 Å². The molecule has 13 heteroatoms. The quantitative estimate of drug-likeness (QED) is 0.141. The maximum Gasteiger partial charge on any atom is 0.128 e. The van der Waals surface area contributed by atoms with Crippen LogP contribution in [0.2, 0.25) is 0 Å². The molecule has 0 aliphatic rings. The molecule has 0 saturated carbocycles. The normalized spacial score (nSPS) is 8.45. The van der Waals surface area contributed by atoms with Crippen LogP contribution in [0.15, 0.2) is 215 Å². The van der Waals surface area contributed by atoms with Crippen molar-refractivity contribution in [3.8, 4) is 0 Å². The summed E-state index contributed by atoms with van der Waals surface area (Å²) in [5.74, 6) is 0.759. The first-order valence-corrected chi connectivity index (χ1v) is 31.0. The first-order chi connectivity index (χ1) is 43.1. The summed E-state index contributed by atoms with van der Waals surface area (Å²) in [4.78, 5) is 50.9. The van der Waals surface area contributed by atoms with Gasteiger partial charge in [-0.2, -0.15) is 0 Å². The molecular formula is C75H107N13. The first-order valence-electron chi connectivity index (χ1n) is 31.0. The van der Waals surface area contributed by atoms with Gasteiger partial charge in [-0.05, 0) is 125 Å². The predicted octanol–water partition coefficient (Wildman–Crippen LogP) is 20.9. The number of nitrogens with zero attached hydrogens (tertiary/aromatic N) is 13. The lowest BCUT2D eigenvalue weighted by molar-refractivity contribution is 0.974. The fourth-order valence-corrected chi connectivity index (χ4v) is 6.46. The summed E-state index contributed by atoms with van der Waals surface area (Å²) in [7, 11) is 0. The third-order valence-electron chi connectivity index (χ3n) is 10.2. The van der Waals surface area contributed by atoms with Gasteiger partial charge in [-0.25, -0.2) is 34.9 Å². The van der Waals surface area contributed by atoms with Gasteiger partial charge in [-0.15, -0.1) is 0 Å². The highest BCUT2D eigenvalue weighted by molar-refractivity contribution is 5.85. The van der Waals surface area contributed by atoms with Crippen molar-refractivity contribution in [3.05, 3.63) is 260 Å². The lowest BCUT2D eigenvalue weighted by Gasteiger charge is -1.98. The van der Waals surface area contributed by atoms with E-state index in [-0.39, 0.29) is 0 Å². The molecule has 0 saturated heterocycles. The summed E-state index contributed by atoms with van der Waals surface area (Å²) in [5, 5.41) is 6.19. The number of aromatic nitrogens is 13. The fraction of sp³-hybridized carbons (Fsp3) is 0.320. The van der Waals surface area contributed by atoms with Crippen molar-refractivity contribution in [2.45, 2.75) is 166 Å². The van der Waals surface area contributed by atoms with Gasteiger partial charge in [-0.1, -0.05) is 196 Å². The maximum atomic E-state index is 4.28. The fourth-order valence-electron chi connectivity index (χ4n) is 6.46. The van der Waals surface area contributed by atoms with E-state index in [1.54, 1.807) is 37.2 Å². The molecule has 0 atom stereocenters. The van der Waals surface area contributed by atoms with Crippen LogP contribution < -0.4 is 0 Å². The Bertz CT molecular complexity index is 2930. The minimum absolute atomic E-state index is 0.759. The number of para-hydroxylation sites is 2. The van der Waals surface area contributed by atoms with Crippen LogP contribution in [0.3, 0.4) is 0 Å². The Morgan fingerprint density at radius 1 is 0.239 bits per heavy atom. The van der Waals surface area contributed by atoms with Crippen LogP contribution >= 0.6 is 0 Å². The summed E-state index contributed by atoms with van der Waals surface area (Å²) < 4.78 is 0. The van der Waals surface area contributed by atoms with E-state index in [0.717, 1.165) is 39.3 Å². The molecule has 0 bridgehead atoms. The molecule has 0 radical (unpaired) electrons. The van der Waals surface area contributed by atoms with E-state index in [9.17, 15) is 0 Å². The highest BCUT2D eigenvalue weighted by atomic mass is 15.0. The van der Waals surface area contributed by atoms with E-state index in [1.807, 2.05) is 212 Å². The smallest absolute Gasteiger partial charge is 0.128 e. The van der Waals surface area contributed by atoms with Gasteiger partial charge < -0.3 is 0 Å². The largest absolute Gasteiger partial charge is 0.264 e. The van der Waals surface area contributed by atoms with Gasteiger partial charge in [0.2, 0.25) is 0 Å². The SMILES string of the molecule is CC.CC.CC.CC.CC.CC.CC.CC.Cc1cccc2cccnc12.Cc1cccc2cccnc12.Cc1cccc2cnccc12.Cc1cccc2ncccc12.Cc1ccncn1.Cc1cnccn1.Cc1cncnc1.Cc1ncncn1. The summed E-state index contributed by atoms with van der Waals surface area (Å²) in [5.41, 5.74) is 11.4. The number of hydrogen-bond acceptors (Lipinski definition) is 13. The zero-order valence-electron chi connectivity index (χ0n) is 58.0. The Balaban J connectivity index is -0.000000446. The van der Waals surface area contributed by atoms with Gasteiger partial charge in [0.15, 0.2) is 0 Å². The Morgan fingerprint density at radius 2 is 0.670 bits per heavy atom. The summed E-state index contributed by atoms with van der Waals surface area (Å²) >= 11 is 0. The molecule has 0 amide bonds. The van der Waals surface area contributed by atoms with Crippen LogP contribution in [-0.2, 0) is 0 Å². The van der Waals surface area contributed by atoms with Crippen molar-refractivity contribution in [1.82, 2.24) is 64.8 Å². The molecule has 0 aliphatic carbocycles. The molecule has 88 heavy (non-hydrogen) atoms. The number of rotatable bonds is 0. The molecular weight excluding hydrogens is 1080 g/mol. The minimum atomic E-state index is 0.759. The van der Waals surface area contributed by atoms with E-state index in [0.29, 0.717) is 0 Å². The van der Waals surface area contributed by atoms with Crippen LogP contribution in [0.25, 0.3) is 43.5 Å². The maximum absolute atomic E-state index is 4.28. The zero-order chi connectivity index (χ0) is 67.2. The van der Waals surface area contributed by atoms with Crippen LogP contribution in [-0.4, -0.2) is 64.8 Å². The Morgan fingerprint density at radius 3 is 1.05 bits per heavy atom. The standard InChI is InChI=1S/4C10H9N.3C5H6N2.C4H5N3.8C2H6/c1-8-4-2-6-10-9(8)5-3-7-11-10;2*1-8-4-2-5-9-6-3-7-11-10(8)9;1-8-3-2-4-9-7-11-6-5-10(8)9;1-5-2-6-4-7-3-5;1-5-4-6-2-3-7-5;1-5-2-3-6-4-7-5;1-4-6-2-5-3-7-4;8*1-2/h4*2-7H,1H3;3*2-4H,1H3;2-3H,1H3;8*1-2H3. The van der Waals surface area contributed by atoms with Crippen LogP contribution in [0.4, 0.5) is 0 Å². The van der Waals surface area contributed by atoms with E-state index >= 15 is 0 Å². The minimum Gasteiger partial charge on any atom is -0.264 e. The molecule has 12 aromatic rings. The second kappa shape index (κ2) is 60.9. The average Bonchev–Trinajstić information content (AvgIpc) is 3.81. The number of benzene rings is 4. The van der Waals surface area contributed by atoms with Crippen LogP contribution in [0.5, 0.6) is 0 Å². The van der Waals surface area contributed by atoms with E-state index in [4.69, 9.17) is 0 Å². The molecule has 8 heterocycles. The molecule has 8 aromatic heterocycles. The zero-order valence-corrected chi connectivity index (χ0v) is 58.0. The highest BCUT2D eigenvalue weighted by Crippen LogP contribution is 2.17. The Labute approximate surface area is 531 Å². The lowest BCUT2D eigenvalue weighted by Crippen LogP contribution is -1.84. The molecule has 0 fully saturated rings. The molecule has 0 spiro atoms. The van der Waals surface area contributed by atoms with Crippen LogP contribution in [0.1, 0.15) is 156 Å². The van der Waals surface area contributed by atoms with E-state index in [2.05, 4.69) is 171 Å². The molecule has 13 nitrogen and oxygen atoms in total. The molecule has 12 rings (SSSR count). The monoisotopic (exact) mass is 1190 g/mol. The average molecular weight is 1190 g/mol. The van der Waals surface area contributed by atoms with Gasteiger partial charge in [0, 0.05) is 95.4 Å². The summed E-state index contributed by atoms with van der Waals surface area (Å²) in [6.07, 6.45) is 25.5. The Hall–Kier alpha value is -9.23. The number of aryl methyl sites for hydroxylation is 8. The highest BCUT2D eigenvalue weighted by Gasteiger charge is 1.96. The molecule has 0 aliphatic heterocycles. The number of pyridine rings is 4. The van der Waals surface area contributed by atoms with E-state index < -0.39 is 0 Å². The van der Waals surface area contributed by atoms with Crippen molar-refractivity contribution in [2.75, 3.05) is 0 Å². The van der Waals surface area contributed by atoms with Crippen LogP contribution in [0, 0.1) is 55.4 Å². The predicted molar refractivity (Wildman–Crippen MR) is 382 cm³/mol. The summed E-state index contributed by atoms with van der Waals surface area (Å²) in [6, 6.07) is 40.9. The van der Waals surface area contributed by atoms with Crippen molar-refractivity contribution >= 4 is 43.5 Å². The molecule has 4 aromatic carbocycles. The molecule has 472 valence electrons. The van der Waals surface area contributed by atoms with Crippen molar-refractivity contribution in [2.24, 2.45) is 0 Å². The lowest BCUT2D eigenvalue weighted by atomic mass is 10.1. The van der Waals surface area contributed by atoms with E-state index in [1.165, 1.54) is 74.5 Å². The number of hydrogen-bond donors (Lipinski definition) is 0. The van der Waals surface area contributed by atoms with Gasteiger partial charge in [-0.3, -0.25) is 29.9 Å². The van der Waals surface area contributed by atoms with Gasteiger partial charge in [0.05, 0.1) is 22.2 Å².